The minimum atomic E-state index is -2.64. The number of aromatic nitrogens is 2. The van der Waals surface area contributed by atoms with Gasteiger partial charge in [-0.2, -0.15) is 0 Å². The second-order valence-electron chi connectivity index (χ2n) is 13.8. The third-order valence-corrected chi connectivity index (χ3v) is 8.93. The molecule has 0 spiro atoms. The van der Waals surface area contributed by atoms with E-state index >= 15 is 0 Å². The molecule has 0 aliphatic rings. The Bertz CT molecular complexity index is 3010. The van der Waals surface area contributed by atoms with Crippen LogP contribution in [0.3, 0.4) is 0 Å². The van der Waals surface area contributed by atoms with E-state index in [1.165, 1.54) is 6.07 Å². The Morgan fingerprint density at radius 2 is 1.47 bits per heavy atom. The summed E-state index contributed by atoms with van der Waals surface area (Å²) in [6, 6.07) is 47.4. The van der Waals surface area contributed by atoms with E-state index in [0.29, 0.717) is 22.3 Å². The average molecular weight is 873 g/mol. The molecule has 1 radical (unpaired) electrons. The van der Waals surface area contributed by atoms with Crippen molar-refractivity contribution in [3.8, 4) is 33.6 Å². The normalized spacial score (nSPS) is 14.4. The van der Waals surface area contributed by atoms with Crippen molar-refractivity contribution in [1.29, 1.82) is 0 Å². The minimum Gasteiger partial charge on any atom is -0.501 e. The quantitative estimate of drug-likeness (QED) is 0.131. The van der Waals surface area contributed by atoms with E-state index in [9.17, 15) is 0 Å². The van der Waals surface area contributed by atoms with Crippen LogP contribution in [-0.4, -0.2) is 9.97 Å². The molecule has 0 amide bonds. The van der Waals surface area contributed by atoms with Crippen LogP contribution < -0.4 is 0 Å². The number of rotatable bonds is 4. The fourth-order valence-electron chi connectivity index (χ4n) is 6.67. The van der Waals surface area contributed by atoms with Gasteiger partial charge in [-0.05, 0) is 81.4 Å². The van der Waals surface area contributed by atoms with Gasteiger partial charge in [-0.15, -0.1) is 54.1 Å². The Balaban J connectivity index is 0.000000237. The summed E-state index contributed by atoms with van der Waals surface area (Å²) in [5, 5.41) is 6.12. The van der Waals surface area contributed by atoms with E-state index in [1.54, 1.807) is 12.3 Å². The van der Waals surface area contributed by atoms with Gasteiger partial charge in [0.1, 0.15) is 5.58 Å². The Hall–Kier alpha value is -5.41. The van der Waals surface area contributed by atoms with Gasteiger partial charge in [-0.25, -0.2) is 0 Å². The molecule has 53 heavy (non-hydrogen) atoms. The van der Waals surface area contributed by atoms with Gasteiger partial charge in [0.05, 0.1) is 5.58 Å². The van der Waals surface area contributed by atoms with E-state index in [2.05, 4.69) is 58.5 Å². The number of aryl methyl sites for hydroxylation is 2. The third kappa shape index (κ3) is 7.31. The molecule has 0 unspecified atom stereocenters. The van der Waals surface area contributed by atoms with Crippen LogP contribution in [0.15, 0.2) is 144 Å². The van der Waals surface area contributed by atoms with Crippen LogP contribution in [0, 0.1) is 31.3 Å². The van der Waals surface area contributed by atoms with Crippen molar-refractivity contribution in [1.82, 2.24) is 9.97 Å². The summed E-state index contributed by atoms with van der Waals surface area (Å²) < 4.78 is 70.4. The first-order valence-corrected chi connectivity index (χ1v) is 17.2. The van der Waals surface area contributed by atoms with Gasteiger partial charge < -0.3 is 14.4 Å². The molecule has 9 aromatic rings. The smallest absolute Gasteiger partial charge is 0.122 e. The summed E-state index contributed by atoms with van der Waals surface area (Å²) in [5.41, 5.74) is 5.37. The molecule has 0 fully saturated rings. The molecule has 0 saturated heterocycles. The number of hydrogen-bond donors (Lipinski definition) is 0. The van der Waals surface area contributed by atoms with Crippen molar-refractivity contribution in [2.75, 3.05) is 0 Å². The summed E-state index contributed by atoms with van der Waals surface area (Å²) in [7, 11) is 0. The van der Waals surface area contributed by atoms with Crippen LogP contribution in [0.4, 0.5) is 0 Å². The van der Waals surface area contributed by atoms with Crippen LogP contribution in [0.25, 0.3) is 77.1 Å². The number of benzene rings is 6. The number of pyridine rings is 2. The zero-order valence-corrected chi connectivity index (χ0v) is 31.8. The van der Waals surface area contributed by atoms with Crippen LogP contribution in [0.5, 0.6) is 0 Å². The topological polar surface area (TPSA) is 38.9 Å². The number of furan rings is 1. The van der Waals surface area contributed by atoms with Gasteiger partial charge >= 0.3 is 0 Å². The maximum Gasteiger partial charge on any atom is 0.122 e. The molecule has 6 aromatic carbocycles. The van der Waals surface area contributed by atoms with Crippen LogP contribution in [0.1, 0.15) is 48.4 Å². The second kappa shape index (κ2) is 14.9. The molecule has 0 aliphatic heterocycles. The monoisotopic (exact) mass is 873 g/mol. The number of nitrogens with zero attached hydrogens (tertiary/aromatic N) is 2. The Labute approximate surface area is 336 Å². The van der Waals surface area contributed by atoms with Crippen molar-refractivity contribution >= 4 is 43.5 Å². The van der Waals surface area contributed by atoms with Crippen molar-refractivity contribution in [2.45, 2.75) is 40.8 Å². The molecule has 4 heteroatoms. The molecule has 9 rings (SSSR count). The third-order valence-electron chi connectivity index (χ3n) is 8.93. The predicted molar refractivity (Wildman–Crippen MR) is 217 cm³/mol. The maximum atomic E-state index is 8.21. The molecule has 0 saturated carbocycles. The van der Waals surface area contributed by atoms with Crippen LogP contribution in [-0.2, 0) is 26.5 Å². The van der Waals surface area contributed by atoms with Gasteiger partial charge in [0.2, 0.25) is 0 Å². The molecule has 0 bridgehead atoms. The second-order valence-corrected chi connectivity index (χ2v) is 13.8. The zero-order valence-electron chi connectivity index (χ0n) is 37.4. The maximum absolute atomic E-state index is 8.21. The minimum absolute atomic E-state index is 0. The summed E-state index contributed by atoms with van der Waals surface area (Å²) in [4.78, 5) is 8.74. The number of hydrogen-bond acceptors (Lipinski definition) is 3. The standard InChI is InChI=1S/C33H22NO.C16H18N.Ir/c1-20-17-29(34-19-21(20)2)26-13-8-14-27-32-30(35-33(26)27)18-28(22-9-4-3-5-10-22)25-16-15-23-11-6-7-12-24(23)31(25)32;1-16(2,3)11-13-9-10-15(17-12-13)14-7-5-4-6-8-14;/h3-12,14-19H,1-2H3;4-7,9-10,12H,11H2,1-3H3;/q2*-1;/i1D3,2D3;11D2;. The van der Waals surface area contributed by atoms with E-state index in [4.69, 9.17) is 15.4 Å². The molecule has 0 N–H and O–H groups in total. The Kier molecular flexibility index (Phi) is 7.66. The van der Waals surface area contributed by atoms with Crippen molar-refractivity contribution in [2.24, 2.45) is 5.41 Å². The zero-order chi connectivity index (χ0) is 42.6. The van der Waals surface area contributed by atoms with Gasteiger partial charge in [0, 0.05) is 54.2 Å². The van der Waals surface area contributed by atoms with E-state index < -0.39 is 25.5 Å². The first-order valence-electron chi connectivity index (χ1n) is 21.2. The Morgan fingerprint density at radius 3 is 2.23 bits per heavy atom. The van der Waals surface area contributed by atoms with Gasteiger partial charge in [-0.1, -0.05) is 122 Å². The van der Waals surface area contributed by atoms with Crippen LogP contribution >= 0.6 is 0 Å². The molecule has 3 heterocycles. The molecular weight excluding hydrogens is 825 g/mol. The summed E-state index contributed by atoms with van der Waals surface area (Å²) in [5.74, 6) is 0. The van der Waals surface area contributed by atoms with Gasteiger partial charge in [0.15, 0.2) is 0 Å². The molecule has 3 nitrogen and oxygen atoms in total. The van der Waals surface area contributed by atoms with E-state index in [-0.39, 0.29) is 36.9 Å². The van der Waals surface area contributed by atoms with Gasteiger partial charge in [0.25, 0.3) is 0 Å². The number of fused-ring (bicyclic) bond motifs is 7. The van der Waals surface area contributed by atoms with Crippen LogP contribution in [0.2, 0.25) is 0 Å². The fraction of sp³-hybridized carbons (Fsp3) is 0.143. The largest absolute Gasteiger partial charge is 0.501 e. The fourth-order valence-corrected chi connectivity index (χ4v) is 6.67. The molecule has 0 aliphatic carbocycles. The molecular formula is C49H40IrN2O-2. The SMILES string of the molecule is [2H]C([2H])([2H])c1cnc(-c2[c-]ccc3c2oc2cc(-c4ccccc4)c4ccc5ccccc5c4c23)cc1C([2H])([2H])[2H].[2H]C([2H])(c1ccc(-c2[c-]cccc2)nc1)C(C)(C)C.[Ir]. The van der Waals surface area contributed by atoms with E-state index in [1.807, 2.05) is 99.6 Å². The van der Waals surface area contributed by atoms with E-state index in [0.717, 1.165) is 60.9 Å². The first kappa shape index (κ1) is 27.2. The summed E-state index contributed by atoms with van der Waals surface area (Å²) in [6.45, 7) is 0.435. The van der Waals surface area contributed by atoms with Crippen molar-refractivity contribution in [3.63, 3.8) is 0 Å². The summed E-state index contributed by atoms with van der Waals surface area (Å²) >= 11 is 0. The van der Waals surface area contributed by atoms with Crippen molar-refractivity contribution < 1.29 is 35.5 Å². The molecule has 3 aromatic heterocycles. The average Bonchev–Trinajstić information content (AvgIpc) is 3.62. The molecule has 0 atom stereocenters. The van der Waals surface area contributed by atoms with Gasteiger partial charge in [-0.3, -0.25) is 0 Å². The Morgan fingerprint density at radius 1 is 0.679 bits per heavy atom. The summed E-state index contributed by atoms with van der Waals surface area (Å²) in [6.07, 6.45) is 1.36. The first-order chi connectivity index (χ1) is 28.4. The predicted octanol–water partition coefficient (Wildman–Crippen LogP) is 13.2. The van der Waals surface area contributed by atoms with Crippen molar-refractivity contribution in [3.05, 3.63) is 169 Å². The molecule has 263 valence electrons.